The maximum atomic E-state index is 12.1. The Kier molecular flexibility index (Phi) is 3.42. The minimum atomic E-state index is -3.45. The molecule has 2 fully saturated rings. The summed E-state index contributed by atoms with van der Waals surface area (Å²) < 4.78 is 28.2. The molecule has 1 aliphatic heterocycles. The smallest absolute Gasteiger partial charge is 0.306 e. The zero-order valence-electron chi connectivity index (χ0n) is 10.7. The fourth-order valence-corrected chi connectivity index (χ4v) is 3.87. The molecule has 6 nitrogen and oxygen atoms in total. The van der Waals surface area contributed by atoms with Crippen LogP contribution >= 0.6 is 0 Å². The van der Waals surface area contributed by atoms with Gasteiger partial charge in [-0.25, -0.2) is 0 Å². The first kappa shape index (κ1) is 13.8. The average molecular weight is 276 g/mol. The van der Waals surface area contributed by atoms with Gasteiger partial charge in [-0.05, 0) is 24.7 Å². The van der Waals surface area contributed by atoms with Crippen LogP contribution < -0.4 is 4.72 Å². The molecule has 0 aromatic carbocycles. The van der Waals surface area contributed by atoms with E-state index in [0.717, 1.165) is 6.42 Å². The van der Waals surface area contributed by atoms with Crippen LogP contribution in [0.4, 0.5) is 0 Å². The van der Waals surface area contributed by atoms with Gasteiger partial charge in [-0.2, -0.15) is 17.4 Å². The van der Waals surface area contributed by atoms with Crippen molar-refractivity contribution >= 4 is 16.2 Å². The molecular formula is C11H20N2O4S. The van der Waals surface area contributed by atoms with Gasteiger partial charge >= 0.3 is 5.97 Å². The highest BCUT2D eigenvalue weighted by Crippen LogP contribution is 2.45. The molecule has 0 amide bonds. The van der Waals surface area contributed by atoms with Crippen molar-refractivity contribution in [1.82, 2.24) is 9.03 Å². The fourth-order valence-electron chi connectivity index (χ4n) is 2.27. The number of hydrogen-bond acceptors (Lipinski definition) is 3. The number of carboxylic acids is 1. The Balaban J connectivity index is 1.90. The summed E-state index contributed by atoms with van der Waals surface area (Å²) in [6.45, 7) is 4.63. The SMILES string of the molecule is CC1(C)CC1NS(=O)(=O)N1CCC(C(=O)O)CC1. The lowest BCUT2D eigenvalue weighted by molar-refractivity contribution is -0.142. The number of carbonyl (C=O) groups is 1. The van der Waals surface area contributed by atoms with E-state index in [1.54, 1.807) is 0 Å². The molecule has 1 saturated carbocycles. The summed E-state index contributed by atoms with van der Waals surface area (Å²) in [6, 6.07) is 0.0136. The third-order valence-electron chi connectivity index (χ3n) is 3.95. The van der Waals surface area contributed by atoms with E-state index in [1.807, 2.05) is 13.8 Å². The first-order chi connectivity index (χ1) is 8.22. The molecule has 1 atom stereocenters. The highest BCUT2D eigenvalue weighted by Gasteiger charge is 2.48. The molecule has 2 rings (SSSR count). The van der Waals surface area contributed by atoms with Crippen LogP contribution in [0.5, 0.6) is 0 Å². The Morgan fingerprint density at radius 1 is 1.33 bits per heavy atom. The minimum absolute atomic E-state index is 0.0136. The lowest BCUT2D eigenvalue weighted by Crippen LogP contribution is -2.47. The molecule has 0 aromatic heterocycles. The predicted octanol–water partition coefficient (Wildman–Crippen LogP) is 0.416. The molecule has 104 valence electrons. The molecular weight excluding hydrogens is 256 g/mol. The van der Waals surface area contributed by atoms with E-state index in [1.165, 1.54) is 4.31 Å². The van der Waals surface area contributed by atoms with E-state index in [9.17, 15) is 13.2 Å². The quantitative estimate of drug-likeness (QED) is 0.779. The third-order valence-corrected chi connectivity index (χ3v) is 5.58. The molecule has 0 bridgehead atoms. The van der Waals surface area contributed by atoms with Gasteiger partial charge in [-0.3, -0.25) is 4.79 Å². The third kappa shape index (κ3) is 2.84. The van der Waals surface area contributed by atoms with E-state index in [4.69, 9.17) is 5.11 Å². The molecule has 7 heteroatoms. The van der Waals surface area contributed by atoms with Crippen molar-refractivity contribution in [1.29, 1.82) is 0 Å². The van der Waals surface area contributed by atoms with Gasteiger partial charge in [0.25, 0.3) is 10.2 Å². The van der Waals surface area contributed by atoms with Crippen LogP contribution in [-0.2, 0) is 15.0 Å². The minimum Gasteiger partial charge on any atom is -0.481 e. The normalized spacial score (nSPS) is 29.1. The van der Waals surface area contributed by atoms with Crippen molar-refractivity contribution in [2.45, 2.75) is 39.2 Å². The number of nitrogens with one attached hydrogen (secondary N) is 1. The Labute approximate surface area is 108 Å². The Morgan fingerprint density at radius 3 is 2.22 bits per heavy atom. The summed E-state index contributed by atoms with van der Waals surface area (Å²) in [5, 5.41) is 8.87. The van der Waals surface area contributed by atoms with E-state index in [2.05, 4.69) is 4.72 Å². The van der Waals surface area contributed by atoms with Gasteiger partial charge < -0.3 is 5.11 Å². The molecule has 0 aromatic rings. The number of nitrogens with zero attached hydrogens (tertiary/aromatic N) is 1. The monoisotopic (exact) mass is 276 g/mol. The standard InChI is InChI=1S/C11H20N2O4S/c1-11(2)7-9(11)12-18(16,17)13-5-3-8(4-6-13)10(14)15/h8-9,12H,3-7H2,1-2H3,(H,14,15). The van der Waals surface area contributed by atoms with E-state index < -0.39 is 22.1 Å². The van der Waals surface area contributed by atoms with E-state index >= 15 is 0 Å². The zero-order chi connectivity index (χ0) is 13.6. The molecule has 0 spiro atoms. The van der Waals surface area contributed by atoms with Crippen LogP contribution in [0.2, 0.25) is 0 Å². The number of aliphatic carboxylic acids is 1. The summed E-state index contributed by atoms with van der Waals surface area (Å²) in [5.41, 5.74) is 0.0481. The van der Waals surface area contributed by atoms with Crippen molar-refractivity contribution in [3.05, 3.63) is 0 Å². The molecule has 1 heterocycles. The lowest BCUT2D eigenvalue weighted by Gasteiger charge is -2.29. The second-order valence-electron chi connectivity index (χ2n) is 5.88. The molecule has 18 heavy (non-hydrogen) atoms. The maximum Gasteiger partial charge on any atom is 0.306 e. The predicted molar refractivity (Wildman–Crippen MR) is 66.2 cm³/mol. The number of rotatable bonds is 4. The van der Waals surface area contributed by atoms with Crippen LogP contribution in [-0.4, -0.2) is 42.9 Å². The van der Waals surface area contributed by atoms with Crippen molar-refractivity contribution in [2.24, 2.45) is 11.3 Å². The first-order valence-electron chi connectivity index (χ1n) is 6.22. The summed E-state index contributed by atoms with van der Waals surface area (Å²) >= 11 is 0. The first-order valence-corrected chi connectivity index (χ1v) is 7.66. The molecule has 1 aliphatic carbocycles. The average Bonchev–Trinajstić information content (AvgIpc) is 2.85. The van der Waals surface area contributed by atoms with Crippen LogP contribution in [0.15, 0.2) is 0 Å². The summed E-state index contributed by atoms with van der Waals surface area (Å²) in [5.74, 6) is -1.24. The zero-order valence-corrected chi connectivity index (χ0v) is 11.5. The van der Waals surface area contributed by atoms with Gasteiger partial charge in [0.15, 0.2) is 0 Å². The van der Waals surface area contributed by atoms with Crippen molar-refractivity contribution in [3.63, 3.8) is 0 Å². The van der Waals surface area contributed by atoms with E-state index in [0.29, 0.717) is 25.9 Å². The highest BCUT2D eigenvalue weighted by atomic mass is 32.2. The maximum absolute atomic E-state index is 12.1. The summed E-state index contributed by atoms with van der Waals surface area (Å²) in [4.78, 5) is 10.8. The number of piperidine rings is 1. The second-order valence-corrected chi connectivity index (χ2v) is 7.58. The molecule has 2 aliphatic rings. The van der Waals surface area contributed by atoms with Crippen molar-refractivity contribution in [2.75, 3.05) is 13.1 Å². The van der Waals surface area contributed by atoms with Gasteiger partial charge in [0, 0.05) is 19.1 Å². The van der Waals surface area contributed by atoms with Crippen LogP contribution in [0.3, 0.4) is 0 Å². The highest BCUT2D eigenvalue weighted by molar-refractivity contribution is 7.87. The molecule has 1 saturated heterocycles. The van der Waals surface area contributed by atoms with Crippen LogP contribution in [0.25, 0.3) is 0 Å². The van der Waals surface area contributed by atoms with Gasteiger partial charge in [0.1, 0.15) is 0 Å². The Hall–Kier alpha value is -0.660. The largest absolute Gasteiger partial charge is 0.481 e. The number of carboxylic acid groups (broad SMARTS) is 1. The number of hydrogen-bond donors (Lipinski definition) is 2. The van der Waals surface area contributed by atoms with Gasteiger partial charge in [0.2, 0.25) is 0 Å². The summed E-state index contributed by atoms with van der Waals surface area (Å²) in [7, 11) is -3.45. The van der Waals surface area contributed by atoms with Crippen LogP contribution in [0.1, 0.15) is 33.1 Å². The molecule has 0 radical (unpaired) electrons. The van der Waals surface area contributed by atoms with Gasteiger partial charge in [0.05, 0.1) is 5.92 Å². The van der Waals surface area contributed by atoms with Gasteiger partial charge in [-0.1, -0.05) is 13.8 Å². The Morgan fingerprint density at radius 2 is 1.83 bits per heavy atom. The van der Waals surface area contributed by atoms with Crippen molar-refractivity contribution < 1.29 is 18.3 Å². The van der Waals surface area contributed by atoms with E-state index in [-0.39, 0.29) is 11.5 Å². The summed E-state index contributed by atoms with van der Waals surface area (Å²) in [6.07, 6.45) is 1.65. The topological polar surface area (TPSA) is 86.7 Å². The van der Waals surface area contributed by atoms with Crippen molar-refractivity contribution in [3.8, 4) is 0 Å². The van der Waals surface area contributed by atoms with Crippen LogP contribution in [0, 0.1) is 11.3 Å². The molecule has 2 N–H and O–H groups in total. The Bertz CT molecular complexity index is 438. The second kappa shape index (κ2) is 4.47. The lowest BCUT2D eigenvalue weighted by atomic mass is 9.99. The molecule has 1 unspecified atom stereocenters. The van der Waals surface area contributed by atoms with Gasteiger partial charge in [-0.15, -0.1) is 0 Å². The fraction of sp³-hybridized carbons (Fsp3) is 0.909.